The van der Waals surface area contributed by atoms with Crippen LogP contribution in [0.5, 0.6) is 11.5 Å². The van der Waals surface area contributed by atoms with Gasteiger partial charge in [0.1, 0.15) is 23.6 Å². The Hall–Kier alpha value is -4.16. The van der Waals surface area contributed by atoms with E-state index in [1.54, 1.807) is 24.3 Å². The third-order valence-corrected chi connectivity index (χ3v) is 5.74. The lowest BCUT2D eigenvalue weighted by molar-refractivity contribution is -0.142. The van der Waals surface area contributed by atoms with Gasteiger partial charge in [0.15, 0.2) is 0 Å². The molecule has 10 N–H and O–H groups in total. The van der Waals surface area contributed by atoms with Crippen LogP contribution in [0.25, 0.3) is 0 Å². The number of unbranched alkanes of at least 4 members (excludes halogenated alkanes) is 1. The number of amides is 3. The van der Waals surface area contributed by atoms with Crippen molar-refractivity contribution >= 4 is 23.7 Å². The lowest BCUT2D eigenvalue weighted by atomic mass is 10.0. The van der Waals surface area contributed by atoms with E-state index in [0.29, 0.717) is 24.9 Å². The minimum absolute atomic E-state index is 0.0152. The quantitative estimate of drug-likeness (QED) is 0.139. The number of benzene rings is 2. The Labute approximate surface area is 220 Å². The van der Waals surface area contributed by atoms with Crippen molar-refractivity contribution < 1.29 is 34.5 Å². The molecular formula is C26H35N5O7. The van der Waals surface area contributed by atoms with E-state index in [1.165, 1.54) is 24.3 Å². The molecule has 3 atom stereocenters. The first-order valence-electron chi connectivity index (χ1n) is 12.2. The number of carbonyl (C=O) groups is 4. The van der Waals surface area contributed by atoms with Crippen molar-refractivity contribution in [3.63, 3.8) is 0 Å². The average Bonchev–Trinajstić information content (AvgIpc) is 2.88. The Morgan fingerprint density at radius 2 is 1.32 bits per heavy atom. The highest BCUT2D eigenvalue weighted by atomic mass is 16.4. The fourth-order valence-electron chi connectivity index (χ4n) is 3.62. The zero-order valence-electron chi connectivity index (χ0n) is 20.9. The van der Waals surface area contributed by atoms with Crippen LogP contribution in [0.3, 0.4) is 0 Å². The van der Waals surface area contributed by atoms with Crippen molar-refractivity contribution in [1.82, 2.24) is 16.0 Å². The number of hydrogen-bond acceptors (Lipinski definition) is 8. The molecule has 206 valence electrons. The number of carboxylic acids is 1. The van der Waals surface area contributed by atoms with Crippen LogP contribution < -0.4 is 27.4 Å². The summed E-state index contributed by atoms with van der Waals surface area (Å²) in [5.74, 6) is -3.07. The Bertz CT molecular complexity index is 1080. The molecule has 38 heavy (non-hydrogen) atoms. The zero-order valence-corrected chi connectivity index (χ0v) is 20.9. The number of aliphatic carboxylic acids is 1. The van der Waals surface area contributed by atoms with Gasteiger partial charge in [-0.3, -0.25) is 14.4 Å². The molecule has 12 nitrogen and oxygen atoms in total. The lowest BCUT2D eigenvalue weighted by Gasteiger charge is -2.22. The van der Waals surface area contributed by atoms with Crippen LogP contribution in [-0.4, -0.2) is 70.2 Å². The largest absolute Gasteiger partial charge is 0.508 e. The van der Waals surface area contributed by atoms with E-state index in [0.717, 1.165) is 5.56 Å². The van der Waals surface area contributed by atoms with Gasteiger partial charge in [-0.1, -0.05) is 24.3 Å². The van der Waals surface area contributed by atoms with Gasteiger partial charge in [0, 0.05) is 6.42 Å². The van der Waals surface area contributed by atoms with E-state index < -0.39 is 48.4 Å². The van der Waals surface area contributed by atoms with Crippen LogP contribution in [0.1, 0.15) is 30.4 Å². The summed E-state index contributed by atoms with van der Waals surface area (Å²) >= 11 is 0. The SMILES string of the molecule is NCCCCC(NC(=O)C(Cc1ccc(O)cc1)NC(=O)CNC(=O)C(N)Cc1ccc(O)cc1)C(=O)O. The summed E-state index contributed by atoms with van der Waals surface area (Å²) in [4.78, 5) is 49.6. The molecule has 2 aromatic rings. The molecule has 12 heteroatoms. The van der Waals surface area contributed by atoms with Gasteiger partial charge in [0.2, 0.25) is 17.7 Å². The van der Waals surface area contributed by atoms with E-state index >= 15 is 0 Å². The second-order valence-electron chi connectivity index (χ2n) is 8.87. The molecule has 0 bridgehead atoms. The molecule has 0 saturated carbocycles. The average molecular weight is 530 g/mol. The van der Waals surface area contributed by atoms with Crippen molar-refractivity contribution in [3.8, 4) is 11.5 Å². The monoisotopic (exact) mass is 529 g/mol. The summed E-state index contributed by atoms with van der Waals surface area (Å²) in [6.45, 7) is -0.0650. The summed E-state index contributed by atoms with van der Waals surface area (Å²) in [6, 6.07) is 8.93. The summed E-state index contributed by atoms with van der Waals surface area (Å²) in [6.07, 6.45) is 1.47. The van der Waals surface area contributed by atoms with Gasteiger partial charge in [-0.15, -0.1) is 0 Å². The second-order valence-corrected chi connectivity index (χ2v) is 8.87. The fourth-order valence-corrected chi connectivity index (χ4v) is 3.62. The molecule has 0 radical (unpaired) electrons. The van der Waals surface area contributed by atoms with Gasteiger partial charge >= 0.3 is 5.97 Å². The topological polar surface area (TPSA) is 217 Å². The molecule has 0 aliphatic carbocycles. The molecule has 0 aliphatic heterocycles. The number of phenolic OH excluding ortho intramolecular Hbond substituents is 2. The van der Waals surface area contributed by atoms with Gasteiger partial charge in [-0.25, -0.2) is 4.79 Å². The highest BCUT2D eigenvalue weighted by Crippen LogP contribution is 2.13. The zero-order chi connectivity index (χ0) is 28.1. The second kappa shape index (κ2) is 15.2. The number of phenols is 2. The lowest BCUT2D eigenvalue weighted by Crippen LogP contribution is -2.54. The van der Waals surface area contributed by atoms with Gasteiger partial charge in [-0.05, 0) is 67.6 Å². The van der Waals surface area contributed by atoms with Crippen LogP contribution in [0.15, 0.2) is 48.5 Å². The first-order valence-corrected chi connectivity index (χ1v) is 12.2. The van der Waals surface area contributed by atoms with E-state index in [2.05, 4.69) is 16.0 Å². The number of carboxylic acid groups (broad SMARTS) is 1. The highest BCUT2D eigenvalue weighted by Gasteiger charge is 2.27. The summed E-state index contributed by atoms with van der Waals surface area (Å²) < 4.78 is 0. The molecule has 3 amide bonds. The normalized spacial score (nSPS) is 13.1. The van der Waals surface area contributed by atoms with Crippen molar-refractivity contribution in [2.24, 2.45) is 11.5 Å². The maximum absolute atomic E-state index is 13.0. The number of aromatic hydroxyl groups is 2. The predicted octanol–water partition coefficient (Wildman–Crippen LogP) is -0.490. The number of nitrogens with two attached hydrogens (primary N) is 2. The van der Waals surface area contributed by atoms with Crippen LogP contribution in [-0.2, 0) is 32.0 Å². The van der Waals surface area contributed by atoms with Gasteiger partial charge in [0.25, 0.3) is 0 Å². The maximum atomic E-state index is 13.0. The predicted molar refractivity (Wildman–Crippen MR) is 139 cm³/mol. The molecule has 0 aromatic heterocycles. The molecule has 2 rings (SSSR count). The fraction of sp³-hybridized carbons (Fsp3) is 0.385. The van der Waals surface area contributed by atoms with Crippen molar-refractivity contribution in [2.75, 3.05) is 13.1 Å². The summed E-state index contributed by atoms with van der Waals surface area (Å²) in [7, 11) is 0. The molecule has 2 aromatic carbocycles. The standard InChI is InChI=1S/C26H35N5O7/c27-12-2-1-3-21(26(37)38)31-25(36)22(14-17-6-10-19(33)11-7-17)30-23(34)15-29-24(35)20(28)13-16-4-8-18(32)9-5-16/h4-11,20-22,32-33H,1-3,12-15,27-28H2,(H,29,35)(H,30,34)(H,31,36)(H,37,38). The van der Waals surface area contributed by atoms with E-state index in [9.17, 15) is 34.5 Å². The molecule has 0 heterocycles. The number of rotatable bonds is 15. The highest BCUT2D eigenvalue weighted by molar-refractivity contribution is 5.92. The van der Waals surface area contributed by atoms with Gasteiger partial charge in [-0.2, -0.15) is 0 Å². The molecule has 0 fully saturated rings. The summed E-state index contributed by atoms with van der Waals surface area (Å²) in [5.41, 5.74) is 12.7. The summed E-state index contributed by atoms with van der Waals surface area (Å²) in [5, 5.41) is 35.8. The third kappa shape index (κ3) is 10.4. The number of carbonyl (C=O) groups excluding carboxylic acids is 3. The minimum Gasteiger partial charge on any atom is -0.508 e. The van der Waals surface area contributed by atoms with Crippen LogP contribution in [0, 0.1) is 0 Å². The van der Waals surface area contributed by atoms with Crippen molar-refractivity contribution in [2.45, 2.75) is 50.2 Å². The van der Waals surface area contributed by atoms with E-state index in [4.69, 9.17) is 11.5 Å². The van der Waals surface area contributed by atoms with Crippen LogP contribution in [0.2, 0.25) is 0 Å². The first-order chi connectivity index (χ1) is 18.1. The molecule has 0 saturated heterocycles. The Balaban J connectivity index is 2.01. The molecule has 3 unspecified atom stereocenters. The molecular weight excluding hydrogens is 494 g/mol. The van der Waals surface area contributed by atoms with Crippen LogP contribution >= 0.6 is 0 Å². The molecule has 0 spiro atoms. The van der Waals surface area contributed by atoms with Gasteiger partial charge in [0.05, 0.1) is 12.6 Å². The van der Waals surface area contributed by atoms with Crippen molar-refractivity contribution in [1.29, 1.82) is 0 Å². The van der Waals surface area contributed by atoms with Crippen molar-refractivity contribution in [3.05, 3.63) is 59.7 Å². The molecule has 0 aliphatic rings. The Morgan fingerprint density at radius 1 is 0.763 bits per heavy atom. The number of nitrogens with one attached hydrogen (secondary N) is 3. The van der Waals surface area contributed by atoms with E-state index in [-0.39, 0.29) is 30.8 Å². The Kier molecular flexibility index (Phi) is 12.0. The van der Waals surface area contributed by atoms with Crippen LogP contribution in [0.4, 0.5) is 0 Å². The number of hydrogen-bond donors (Lipinski definition) is 8. The van der Waals surface area contributed by atoms with Gasteiger partial charge < -0.3 is 42.7 Å². The maximum Gasteiger partial charge on any atom is 0.326 e. The first kappa shape index (κ1) is 30.1. The van der Waals surface area contributed by atoms with E-state index in [1.807, 2.05) is 0 Å². The Morgan fingerprint density at radius 3 is 1.84 bits per heavy atom. The third-order valence-electron chi connectivity index (χ3n) is 5.74. The minimum atomic E-state index is -1.21. The smallest absolute Gasteiger partial charge is 0.326 e.